The molecule has 1 heterocycles. The fraction of sp³-hybridized carbons (Fsp3) is 0.296. The van der Waals surface area contributed by atoms with Crippen LogP contribution in [0, 0.1) is 5.92 Å². The fourth-order valence-corrected chi connectivity index (χ4v) is 4.13. The highest BCUT2D eigenvalue weighted by molar-refractivity contribution is 6.15. The van der Waals surface area contributed by atoms with Crippen LogP contribution in [0.3, 0.4) is 0 Å². The molecule has 0 radical (unpaired) electrons. The predicted molar refractivity (Wildman–Crippen MR) is 137 cm³/mol. The highest BCUT2D eigenvalue weighted by Gasteiger charge is 2.21. The van der Waals surface area contributed by atoms with Crippen molar-refractivity contribution in [2.45, 2.75) is 25.8 Å². The maximum atomic E-state index is 13.3. The molecule has 1 aliphatic rings. The van der Waals surface area contributed by atoms with Crippen LogP contribution in [0.25, 0.3) is 10.8 Å². The highest BCUT2D eigenvalue weighted by Crippen LogP contribution is 2.26. The van der Waals surface area contributed by atoms with E-state index in [1.165, 1.54) is 12.6 Å². The van der Waals surface area contributed by atoms with Crippen molar-refractivity contribution in [1.29, 1.82) is 0 Å². The van der Waals surface area contributed by atoms with E-state index >= 15 is 0 Å². The van der Waals surface area contributed by atoms with Gasteiger partial charge >= 0.3 is 0 Å². The maximum absolute atomic E-state index is 13.3. The molecule has 0 spiro atoms. The van der Waals surface area contributed by atoms with Crippen molar-refractivity contribution in [3.63, 3.8) is 0 Å². The number of ether oxygens (including phenoxy) is 1. The Labute approximate surface area is 204 Å². The molecule has 5 N–H and O–H groups in total. The number of nitrogens with one attached hydrogen (secondary N) is 3. The van der Waals surface area contributed by atoms with Gasteiger partial charge in [0.25, 0.3) is 11.8 Å². The number of carbonyl (C=O) groups excluding carboxylic acids is 2. The van der Waals surface area contributed by atoms with E-state index in [4.69, 9.17) is 10.5 Å². The average Bonchev–Trinajstić information content (AvgIpc) is 2.85. The van der Waals surface area contributed by atoms with Crippen LogP contribution < -0.4 is 21.7 Å². The second kappa shape index (κ2) is 11.5. The van der Waals surface area contributed by atoms with Crippen LogP contribution in [0.15, 0.2) is 66.6 Å². The van der Waals surface area contributed by atoms with E-state index in [-0.39, 0.29) is 17.5 Å². The summed E-state index contributed by atoms with van der Waals surface area (Å²) < 4.78 is 5.14. The van der Waals surface area contributed by atoms with Gasteiger partial charge < -0.3 is 26.4 Å². The Morgan fingerprint density at radius 1 is 1.06 bits per heavy atom. The standard InChI is InChI=1S/C27H31N5O3/c1-35-17-20(14-28)30-16-19-11-12-23(22-9-3-2-8-21(19)22)26(33)32-24-10-5-13-29-25(24)27(34)31-15-18-6-4-7-18/h2-3,5,8-14,18,30H,4,6-7,15-17,28H2,1H3,(H,31,34)(H,32,33)/b20-14-. The third-order valence-electron chi connectivity index (χ3n) is 6.31. The second-order valence-electron chi connectivity index (χ2n) is 8.66. The molecule has 0 unspecified atom stereocenters. The van der Waals surface area contributed by atoms with Gasteiger partial charge in [-0.2, -0.15) is 0 Å². The lowest BCUT2D eigenvalue weighted by Gasteiger charge is -2.25. The Kier molecular flexibility index (Phi) is 7.95. The molecule has 8 nitrogen and oxygen atoms in total. The first-order chi connectivity index (χ1) is 17.1. The van der Waals surface area contributed by atoms with Gasteiger partial charge in [-0.1, -0.05) is 36.8 Å². The number of hydrogen-bond donors (Lipinski definition) is 4. The molecular weight excluding hydrogens is 442 g/mol. The van der Waals surface area contributed by atoms with E-state index in [1.54, 1.807) is 31.5 Å². The topological polar surface area (TPSA) is 118 Å². The largest absolute Gasteiger partial charge is 0.403 e. The minimum atomic E-state index is -0.302. The zero-order valence-corrected chi connectivity index (χ0v) is 19.8. The van der Waals surface area contributed by atoms with Crippen molar-refractivity contribution >= 4 is 28.3 Å². The quantitative estimate of drug-likeness (QED) is 0.358. The van der Waals surface area contributed by atoms with Crippen molar-refractivity contribution in [3.05, 3.63) is 83.4 Å². The molecule has 0 atom stereocenters. The number of fused-ring (bicyclic) bond motifs is 1. The summed E-state index contributed by atoms with van der Waals surface area (Å²) in [6.45, 7) is 1.55. The second-order valence-corrected chi connectivity index (χ2v) is 8.66. The first kappa shape index (κ1) is 24.2. The minimum absolute atomic E-state index is 0.213. The maximum Gasteiger partial charge on any atom is 0.272 e. The lowest BCUT2D eigenvalue weighted by atomic mass is 9.85. The third-order valence-corrected chi connectivity index (χ3v) is 6.31. The molecule has 182 valence electrons. The minimum Gasteiger partial charge on any atom is -0.403 e. The Bertz CT molecular complexity index is 1240. The van der Waals surface area contributed by atoms with Crippen LogP contribution in [-0.2, 0) is 11.3 Å². The fourth-order valence-electron chi connectivity index (χ4n) is 4.13. The van der Waals surface area contributed by atoms with Gasteiger partial charge in [0, 0.05) is 38.2 Å². The summed E-state index contributed by atoms with van der Waals surface area (Å²) in [7, 11) is 1.61. The Morgan fingerprint density at radius 2 is 1.86 bits per heavy atom. The number of methoxy groups -OCH3 is 1. The molecule has 4 rings (SSSR count). The van der Waals surface area contributed by atoms with Crippen LogP contribution in [0.1, 0.15) is 45.7 Å². The Morgan fingerprint density at radius 3 is 2.57 bits per heavy atom. The molecule has 8 heteroatoms. The number of amides is 2. The summed E-state index contributed by atoms with van der Waals surface area (Å²) in [6, 6.07) is 14.8. The predicted octanol–water partition coefficient (Wildman–Crippen LogP) is 3.55. The van der Waals surface area contributed by atoms with Crippen LogP contribution in [0.5, 0.6) is 0 Å². The van der Waals surface area contributed by atoms with Gasteiger partial charge in [0.05, 0.1) is 18.0 Å². The highest BCUT2D eigenvalue weighted by atomic mass is 16.5. The van der Waals surface area contributed by atoms with Crippen molar-refractivity contribution in [1.82, 2.24) is 15.6 Å². The molecule has 0 saturated heterocycles. The lowest BCUT2D eigenvalue weighted by molar-refractivity contribution is 0.0935. The molecule has 3 aromatic rings. The number of pyridine rings is 1. The van der Waals surface area contributed by atoms with E-state index < -0.39 is 0 Å². The number of hydrogen-bond acceptors (Lipinski definition) is 6. The number of anilines is 1. The van der Waals surface area contributed by atoms with Crippen molar-refractivity contribution < 1.29 is 14.3 Å². The molecule has 1 aromatic heterocycles. The lowest BCUT2D eigenvalue weighted by Crippen LogP contribution is -2.33. The number of benzene rings is 2. The first-order valence-electron chi connectivity index (χ1n) is 11.8. The number of carbonyl (C=O) groups is 2. The Hall–Kier alpha value is -3.91. The summed E-state index contributed by atoms with van der Waals surface area (Å²) in [5, 5.41) is 10.9. The summed E-state index contributed by atoms with van der Waals surface area (Å²) in [5.41, 5.74) is 8.57. The molecule has 35 heavy (non-hydrogen) atoms. The molecule has 1 saturated carbocycles. The van der Waals surface area contributed by atoms with E-state index in [0.29, 0.717) is 36.9 Å². The molecule has 2 amide bonds. The van der Waals surface area contributed by atoms with Crippen molar-refractivity contribution in [3.8, 4) is 0 Å². The van der Waals surface area contributed by atoms with E-state index in [0.717, 1.165) is 34.9 Å². The normalized spacial score (nSPS) is 13.8. The van der Waals surface area contributed by atoms with E-state index in [9.17, 15) is 9.59 Å². The van der Waals surface area contributed by atoms with Gasteiger partial charge in [0.15, 0.2) is 5.69 Å². The number of nitrogens with two attached hydrogens (primary N) is 1. The van der Waals surface area contributed by atoms with E-state index in [1.807, 2.05) is 30.3 Å². The van der Waals surface area contributed by atoms with Gasteiger partial charge in [-0.15, -0.1) is 0 Å². The SMILES string of the molecule is COC/C(=C/N)NCc1ccc(C(=O)Nc2cccnc2C(=O)NCC2CCC2)c2ccccc12. The van der Waals surface area contributed by atoms with Gasteiger partial charge in [0.1, 0.15) is 0 Å². The van der Waals surface area contributed by atoms with Crippen LogP contribution in [0.2, 0.25) is 0 Å². The zero-order chi connectivity index (χ0) is 24.6. The Balaban J connectivity index is 1.53. The van der Waals surface area contributed by atoms with Crippen LogP contribution in [-0.4, -0.2) is 37.1 Å². The van der Waals surface area contributed by atoms with Crippen molar-refractivity contribution in [2.24, 2.45) is 11.7 Å². The van der Waals surface area contributed by atoms with Crippen LogP contribution in [0.4, 0.5) is 5.69 Å². The zero-order valence-electron chi connectivity index (χ0n) is 19.8. The van der Waals surface area contributed by atoms with Gasteiger partial charge in [-0.25, -0.2) is 4.98 Å². The smallest absolute Gasteiger partial charge is 0.272 e. The van der Waals surface area contributed by atoms with Gasteiger partial charge in [-0.05, 0) is 53.3 Å². The molecule has 2 aromatic carbocycles. The molecule has 1 aliphatic carbocycles. The average molecular weight is 474 g/mol. The summed E-state index contributed by atoms with van der Waals surface area (Å²) in [5.74, 6) is -0.0476. The summed E-state index contributed by atoms with van der Waals surface area (Å²) in [4.78, 5) is 30.3. The molecular formula is C27H31N5O3. The van der Waals surface area contributed by atoms with Gasteiger partial charge in [0.2, 0.25) is 0 Å². The summed E-state index contributed by atoms with van der Waals surface area (Å²) >= 11 is 0. The first-order valence-corrected chi connectivity index (χ1v) is 11.8. The number of aromatic nitrogens is 1. The third kappa shape index (κ3) is 5.78. The molecule has 0 aliphatic heterocycles. The number of nitrogens with zero attached hydrogens (tertiary/aromatic N) is 1. The van der Waals surface area contributed by atoms with Crippen molar-refractivity contribution in [2.75, 3.05) is 25.6 Å². The monoisotopic (exact) mass is 473 g/mol. The number of rotatable bonds is 10. The molecule has 1 fully saturated rings. The van der Waals surface area contributed by atoms with Gasteiger partial charge in [-0.3, -0.25) is 9.59 Å². The van der Waals surface area contributed by atoms with E-state index in [2.05, 4.69) is 20.9 Å². The van der Waals surface area contributed by atoms with Crippen LogP contribution >= 0.6 is 0 Å². The molecule has 0 bridgehead atoms. The summed E-state index contributed by atoms with van der Waals surface area (Å²) in [6.07, 6.45) is 6.54.